The van der Waals surface area contributed by atoms with Gasteiger partial charge in [-0.05, 0) is 18.4 Å². The molecule has 0 atom stereocenters. The molecule has 2 N–H and O–H groups in total. The van der Waals surface area contributed by atoms with Gasteiger partial charge in [-0.1, -0.05) is 32.0 Å². The number of H-pyrrole nitrogens is 1. The molecule has 0 saturated carbocycles. The molecule has 0 aliphatic heterocycles. The van der Waals surface area contributed by atoms with Crippen LogP contribution in [0, 0.1) is 5.92 Å². The van der Waals surface area contributed by atoms with E-state index in [2.05, 4.69) is 24.1 Å². The molecule has 0 spiro atoms. The summed E-state index contributed by atoms with van der Waals surface area (Å²) in [6, 6.07) is 7.69. The summed E-state index contributed by atoms with van der Waals surface area (Å²) in [6.45, 7) is 4.97. The zero-order valence-electron chi connectivity index (χ0n) is 12.8. The number of hydrogen-bond acceptors (Lipinski definition) is 2. The highest BCUT2D eigenvalue weighted by Crippen LogP contribution is 2.31. The van der Waals surface area contributed by atoms with E-state index in [0.717, 1.165) is 23.3 Å². The fourth-order valence-corrected chi connectivity index (χ4v) is 2.21. The lowest BCUT2D eigenvalue weighted by molar-refractivity contribution is 0.0953. The van der Waals surface area contributed by atoms with Crippen molar-refractivity contribution in [2.45, 2.75) is 20.3 Å². The Labute approximate surface area is 125 Å². The van der Waals surface area contributed by atoms with Gasteiger partial charge in [0.15, 0.2) is 0 Å². The van der Waals surface area contributed by atoms with Crippen molar-refractivity contribution in [2.75, 3.05) is 13.7 Å². The number of aromatic nitrogens is 1. The second-order valence-corrected chi connectivity index (χ2v) is 5.42. The van der Waals surface area contributed by atoms with E-state index in [9.17, 15) is 4.79 Å². The van der Waals surface area contributed by atoms with Gasteiger partial charge >= 0.3 is 0 Å². The summed E-state index contributed by atoms with van der Waals surface area (Å²) < 4.78 is 5.37. The maximum atomic E-state index is 12.3. The van der Waals surface area contributed by atoms with Crippen molar-refractivity contribution in [3.8, 4) is 16.9 Å². The minimum Gasteiger partial charge on any atom is -0.496 e. The van der Waals surface area contributed by atoms with E-state index in [0.29, 0.717) is 18.0 Å². The summed E-state index contributed by atoms with van der Waals surface area (Å²) in [5, 5.41) is 2.96. The Balaban J connectivity index is 2.20. The minimum atomic E-state index is -0.0576. The lowest BCUT2D eigenvalue weighted by Crippen LogP contribution is -2.25. The van der Waals surface area contributed by atoms with Crippen molar-refractivity contribution >= 4 is 5.91 Å². The van der Waals surface area contributed by atoms with Crippen LogP contribution < -0.4 is 10.1 Å². The first-order valence-electron chi connectivity index (χ1n) is 7.22. The summed E-state index contributed by atoms with van der Waals surface area (Å²) >= 11 is 0. The Morgan fingerprint density at radius 3 is 2.71 bits per heavy atom. The van der Waals surface area contributed by atoms with Crippen LogP contribution in [0.5, 0.6) is 5.75 Å². The molecule has 1 amide bonds. The van der Waals surface area contributed by atoms with E-state index in [4.69, 9.17) is 4.74 Å². The third-order valence-corrected chi connectivity index (χ3v) is 3.39. The normalized spacial score (nSPS) is 10.7. The molecule has 0 radical (unpaired) electrons. The smallest absolute Gasteiger partial charge is 0.253 e. The molecule has 1 aromatic carbocycles. The summed E-state index contributed by atoms with van der Waals surface area (Å²) in [5.74, 6) is 1.27. The number of ether oxygens (including phenoxy) is 1. The van der Waals surface area contributed by atoms with Crippen molar-refractivity contribution in [1.29, 1.82) is 0 Å². The minimum absolute atomic E-state index is 0.0576. The number of benzene rings is 1. The predicted octanol–water partition coefficient (Wildman–Crippen LogP) is 3.47. The van der Waals surface area contributed by atoms with Gasteiger partial charge in [-0.3, -0.25) is 4.79 Å². The van der Waals surface area contributed by atoms with Crippen LogP contribution in [0.1, 0.15) is 30.6 Å². The lowest BCUT2D eigenvalue weighted by Gasteiger charge is -2.10. The number of rotatable bonds is 6. The molecule has 0 fully saturated rings. The number of hydrogen-bond donors (Lipinski definition) is 2. The van der Waals surface area contributed by atoms with Crippen LogP contribution in [-0.4, -0.2) is 24.5 Å². The van der Waals surface area contributed by atoms with Gasteiger partial charge in [0.25, 0.3) is 5.91 Å². The van der Waals surface area contributed by atoms with Gasteiger partial charge in [0.05, 0.1) is 12.7 Å². The maximum absolute atomic E-state index is 12.3. The molecule has 1 heterocycles. The van der Waals surface area contributed by atoms with Crippen molar-refractivity contribution in [2.24, 2.45) is 5.92 Å². The molecule has 0 saturated heterocycles. The number of nitrogens with one attached hydrogen (secondary N) is 2. The van der Waals surface area contributed by atoms with Crippen LogP contribution in [-0.2, 0) is 0 Å². The summed E-state index contributed by atoms with van der Waals surface area (Å²) in [5.41, 5.74) is 2.41. The zero-order chi connectivity index (χ0) is 15.2. The zero-order valence-corrected chi connectivity index (χ0v) is 12.8. The van der Waals surface area contributed by atoms with Crippen LogP contribution in [0.4, 0.5) is 0 Å². The highest BCUT2D eigenvalue weighted by molar-refractivity contribution is 6.01. The fourth-order valence-electron chi connectivity index (χ4n) is 2.21. The van der Waals surface area contributed by atoms with Gasteiger partial charge in [0.2, 0.25) is 0 Å². The molecule has 4 nitrogen and oxygen atoms in total. The summed E-state index contributed by atoms with van der Waals surface area (Å²) in [7, 11) is 1.63. The topological polar surface area (TPSA) is 54.1 Å². The second-order valence-electron chi connectivity index (χ2n) is 5.42. The third kappa shape index (κ3) is 3.66. The van der Waals surface area contributed by atoms with E-state index >= 15 is 0 Å². The summed E-state index contributed by atoms with van der Waals surface area (Å²) in [6.07, 6.45) is 4.53. The summed E-state index contributed by atoms with van der Waals surface area (Å²) in [4.78, 5) is 15.3. The Kier molecular flexibility index (Phi) is 5.04. The average molecular weight is 286 g/mol. The van der Waals surface area contributed by atoms with Crippen LogP contribution in [0.15, 0.2) is 36.7 Å². The van der Waals surface area contributed by atoms with E-state index in [1.54, 1.807) is 13.3 Å². The number of methoxy groups -OCH3 is 1. The van der Waals surface area contributed by atoms with E-state index < -0.39 is 0 Å². The van der Waals surface area contributed by atoms with Gasteiger partial charge in [0.1, 0.15) is 5.75 Å². The predicted molar refractivity (Wildman–Crippen MR) is 84.6 cm³/mol. The number of aromatic amines is 1. The fraction of sp³-hybridized carbons (Fsp3) is 0.353. The van der Waals surface area contributed by atoms with Gasteiger partial charge in [-0.15, -0.1) is 0 Å². The molecule has 2 aromatic rings. The maximum Gasteiger partial charge on any atom is 0.253 e. The lowest BCUT2D eigenvalue weighted by atomic mass is 10.0. The van der Waals surface area contributed by atoms with Gasteiger partial charge in [-0.25, -0.2) is 0 Å². The third-order valence-electron chi connectivity index (χ3n) is 3.39. The Bertz CT molecular complexity index is 602. The number of para-hydroxylation sites is 1. The number of carbonyl (C=O) groups is 1. The monoisotopic (exact) mass is 286 g/mol. The molecule has 112 valence electrons. The molecule has 0 bridgehead atoms. The highest BCUT2D eigenvalue weighted by atomic mass is 16.5. The van der Waals surface area contributed by atoms with E-state index in [-0.39, 0.29) is 5.91 Å². The van der Waals surface area contributed by atoms with Crippen LogP contribution >= 0.6 is 0 Å². The molecule has 0 unspecified atom stereocenters. The van der Waals surface area contributed by atoms with E-state index in [1.807, 2.05) is 30.5 Å². The largest absolute Gasteiger partial charge is 0.496 e. The molecule has 21 heavy (non-hydrogen) atoms. The SMILES string of the molecule is COc1ccccc1-c1c[nH]cc1C(=O)NCCC(C)C. The number of amides is 1. The van der Waals surface area contributed by atoms with Crippen LogP contribution in [0.25, 0.3) is 11.1 Å². The molecule has 2 rings (SSSR count). The quantitative estimate of drug-likeness (QED) is 0.854. The molecule has 4 heteroatoms. The first kappa shape index (κ1) is 15.2. The first-order chi connectivity index (χ1) is 10.1. The van der Waals surface area contributed by atoms with Crippen molar-refractivity contribution in [3.63, 3.8) is 0 Å². The van der Waals surface area contributed by atoms with Gasteiger partial charge < -0.3 is 15.0 Å². The van der Waals surface area contributed by atoms with Crippen molar-refractivity contribution < 1.29 is 9.53 Å². The van der Waals surface area contributed by atoms with Gasteiger partial charge in [0, 0.05) is 30.1 Å². The van der Waals surface area contributed by atoms with E-state index in [1.165, 1.54) is 0 Å². The average Bonchev–Trinajstić information content (AvgIpc) is 2.96. The highest BCUT2D eigenvalue weighted by Gasteiger charge is 2.16. The number of carbonyl (C=O) groups excluding carboxylic acids is 1. The van der Waals surface area contributed by atoms with Crippen molar-refractivity contribution in [3.05, 3.63) is 42.2 Å². The van der Waals surface area contributed by atoms with Crippen LogP contribution in [0.3, 0.4) is 0 Å². The standard InChI is InChI=1S/C17H22N2O2/c1-12(2)8-9-19-17(20)15-11-18-10-14(15)13-6-4-5-7-16(13)21-3/h4-7,10-12,18H,8-9H2,1-3H3,(H,19,20). The Morgan fingerprint density at radius 2 is 2.00 bits per heavy atom. The molecular weight excluding hydrogens is 264 g/mol. The Morgan fingerprint density at radius 1 is 1.24 bits per heavy atom. The van der Waals surface area contributed by atoms with Gasteiger partial charge in [-0.2, -0.15) is 0 Å². The molecule has 0 aliphatic carbocycles. The second kappa shape index (κ2) is 6.97. The first-order valence-corrected chi connectivity index (χ1v) is 7.22. The molecular formula is C17H22N2O2. The molecule has 0 aliphatic rings. The molecule has 1 aromatic heterocycles. The Hall–Kier alpha value is -2.23. The van der Waals surface area contributed by atoms with Crippen molar-refractivity contribution in [1.82, 2.24) is 10.3 Å². The van der Waals surface area contributed by atoms with Crippen LogP contribution in [0.2, 0.25) is 0 Å².